The van der Waals surface area contributed by atoms with Crippen molar-refractivity contribution >= 4 is 21.4 Å². The molecular formula is C15H19N3O3S2. The zero-order valence-electron chi connectivity index (χ0n) is 12.9. The lowest BCUT2D eigenvalue weighted by Gasteiger charge is -2.18. The molecule has 2 aromatic heterocycles. The number of thiophene rings is 1. The molecule has 8 heteroatoms. The van der Waals surface area contributed by atoms with E-state index in [1.165, 1.54) is 22.1 Å². The van der Waals surface area contributed by atoms with Crippen molar-refractivity contribution in [3.05, 3.63) is 33.9 Å². The minimum absolute atomic E-state index is 0.193. The monoisotopic (exact) mass is 353 g/mol. The summed E-state index contributed by atoms with van der Waals surface area (Å²) in [5.74, 6) is 0. The molecule has 3 heterocycles. The summed E-state index contributed by atoms with van der Waals surface area (Å²) in [5.41, 5.74) is 1.13. The van der Waals surface area contributed by atoms with E-state index in [0.717, 1.165) is 31.2 Å². The molecular weight excluding hydrogens is 334 g/mol. The van der Waals surface area contributed by atoms with Gasteiger partial charge in [-0.25, -0.2) is 13.1 Å². The molecule has 0 bridgehead atoms. The van der Waals surface area contributed by atoms with Crippen LogP contribution < -0.4 is 5.56 Å². The van der Waals surface area contributed by atoms with Crippen molar-refractivity contribution in [1.29, 1.82) is 0 Å². The van der Waals surface area contributed by atoms with E-state index in [1.54, 1.807) is 28.9 Å². The average molecular weight is 353 g/mol. The van der Waals surface area contributed by atoms with Gasteiger partial charge in [0, 0.05) is 37.1 Å². The van der Waals surface area contributed by atoms with Gasteiger partial charge in [-0.15, -0.1) is 11.3 Å². The van der Waals surface area contributed by atoms with E-state index in [1.807, 2.05) is 0 Å². The van der Waals surface area contributed by atoms with Crippen LogP contribution in [0.5, 0.6) is 0 Å². The SMILES string of the molecule is Cn1nc(-c2csc(S(=O)(=O)N3CCCCCC3)c2)ccc1=O. The van der Waals surface area contributed by atoms with Gasteiger partial charge in [-0.05, 0) is 25.0 Å². The molecule has 3 rings (SSSR count). The molecule has 0 aromatic carbocycles. The van der Waals surface area contributed by atoms with Crippen molar-refractivity contribution < 1.29 is 8.42 Å². The van der Waals surface area contributed by atoms with Crippen molar-refractivity contribution in [3.8, 4) is 11.3 Å². The van der Waals surface area contributed by atoms with Crippen LogP contribution in [0, 0.1) is 0 Å². The van der Waals surface area contributed by atoms with Gasteiger partial charge in [-0.3, -0.25) is 4.79 Å². The Kier molecular flexibility index (Phi) is 4.65. The molecule has 0 saturated carbocycles. The summed E-state index contributed by atoms with van der Waals surface area (Å²) in [6.45, 7) is 1.18. The van der Waals surface area contributed by atoms with Crippen LogP contribution >= 0.6 is 11.3 Å². The summed E-state index contributed by atoms with van der Waals surface area (Å²) in [7, 11) is -1.86. The molecule has 1 aliphatic rings. The number of aryl methyl sites for hydroxylation is 1. The van der Waals surface area contributed by atoms with Crippen molar-refractivity contribution in [3.63, 3.8) is 0 Å². The molecule has 2 aromatic rings. The van der Waals surface area contributed by atoms with Crippen molar-refractivity contribution in [2.75, 3.05) is 13.1 Å². The molecule has 0 aliphatic carbocycles. The van der Waals surface area contributed by atoms with E-state index in [4.69, 9.17) is 0 Å². The predicted molar refractivity (Wildman–Crippen MR) is 90.0 cm³/mol. The van der Waals surface area contributed by atoms with E-state index in [9.17, 15) is 13.2 Å². The number of sulfonamides is 1. The topological polar surface area (TPSA) is 72.3 Å². The second kappa shape index (κ2) is 6.54. The van der Waals surface area contributed by atoms with E-state index >= 15 is 0 Å². The highest BCUT2D eigenvalue weighted by Gasteiger charge is 2.26. The third-order valence-electron chi connectivity index (χ3n) is 3.99. The number of nitrogens with zero attached hydrogens (tertiary/aromatic N) is 3. The second-order valence-electron chi connectivity index (χ2n) is 5.65. The summed E-state index contributed by atoms with van der Waals surface area (Å²) in [5, 5.41) is 5.94. The molecule has 6 nitrogen and oxygen atoms in total. The van der Waals surface area contributed by atoms with E-state index < -0.39 is 10.0 Å². The predicted octanol–water partition coefficient (Wildman–Crippen LogP) is 2.07. The van der Waals surface area contributed by atoms with E-state index in [2.05, 4.69) is 5.10 Å². The minimum Gasteiger partial charge on any atom is -0.268 e. The number of hydrogen-bond donors (Lipinski definition) is 0. The lowest BCUT2D eigenvalue weighted by Crippen LogP contribution is -2.31. The van der Waals surface area contributed by atoms with Crippen LogP contribution in [-0.2, 0) is 17.1 Å². The molecule has 0 radical (unpaired) electrons. The Hall–Kier alpha value is -1.51. The van der Waals surface area contributed by atoms with Crippen molar-refractivity contribution in [2.24, 2.45) is 7.05 Å². The normalized spacial score (nSPS) is 17.1. The molecule has 124 valence electrons. The van der Waals surface area contributed by atoms with Crippen LogP contribution in [-0.4, -0.2) is 35.6 Å². The number of hydrogen-bond acceptors (Lipinski definition) is 5. The molecule has 1 aliphatic heterocycles. The van der Waals surface area contributed by atoms with Gasteiger partial charge in [-0.1, -0.05) is 12.8 Å². The van der Waals surface area contributed by atoms with Gasteiger partial charge in [0.25, 0.3) is 15.6 Å². The van der Waals surface area contributed by atoms with Crippen molar-refractivity contribution in [1.82, 2.24) is 14.1 Å². The first-order valence-corrected chi connectivity index (χ1v) is 9.94. The maximum absolute atomic E-state index is 12.8. The zero-order valence-corrected chi connectivity index (χ0v) is 14.6. The number of aromatic nitrogens is 2. The molecule has 0 spiro atoms. The standard InChI is InChI=1S/C15H19N3O3S2/c1-17-14(19)7-6-13(16-17)12-10-15(22-11-12)23(20,21)18-8-4-2-3-5-9-18/h6-7,10-11H,2-5,8-9H2,1H3. The first kappa shape index (κ1) is 16.4. The van der Waals surface area contributed by atoms with Gasteiger partial charge in [-0.2, -0.15) is 9.40 Å². The first-order chi connectivity index (χ1) is 11.0. The Morgan fingerprint density at radius 2 is 1.83 bits per heavy atom. The molecule has 23 heavy (non-hydrogen) atoms. The molecule has 1 saturated heterocycles. The Bertz CT molecular complexity index is 847. The van der Waals surface area contributed by atoms with E-state index in [-0.39, 0.29) is 5.56 Å². The van der Waals surface area contributed by atoms with Gasteiger partial charge in [0.05, 0.1) is 5.69 Å². The van der Waals surface area contributed by atoms with Crippen LogP contribution in [0.4, 0.5) is 0 Å². The fourth-order valence-corrected chi connectivity index (χ4v) is 5.49. The molecule has 1 fully saturated rings. The maximum atomic E-state index is 12.8. The second-order valence-corrected chi connectivity index (χ2v) is 8.73. The summed E-state index contributed by atoms with van der Waals surface area (Å²) in [6.07, 6.45) is 4.01. The van der Waals surface area contributed by atoms with E-state index in [0.29, 0.717) is 23.0 Å². The van der Waals surface area contributed by atoms with Crippen LogP contribution in [0.3, 0.4) is 0 Å². The Morgan fingerprint density at radius 1 is 1.13 bits per heavy atom. The zero-order chi connectivity index (χ0) is 16.4. The van der Waals surface area contributed by atoms with Gasteiger partial charge in [0.2, 0.25) is 0 Å². The van der Waals surface area contributed by atoms with Gasteiger partial charge in [0.1, 0.15) is 4.21 Å². The Labute approximate surface area is 139 Å². The first-order valence-electron chi connectivity index (χ1n) is 7.62. The van der Waals surface area contributed by atoms with Crippen LogP contribution in [0.1, 0.15) is 25.7 Å². The van der Waals surface area contributed by atoms with Crippen molar-refractivity contribution in [2.45, 2.75) is 29.9 Å². The third kappa shape index (κ3) is 3.39. The molecule has 0 atom stereocenters. The fraction of sp³-hybridized carbons (Fsp3) is 0.467. The number of rotatable bonds is 3. The minimum atomic E-state index is -3.44. The Morgan fingerprint density at radius 3 is 2.48 bits per heavy atom. The largest absolute Gasteiger partial charge is 0.268 e. The summed E-state index contributed by atoms with van der Waals surface area (Å²) in [4.78, 5) is 11.4. The van der Waals surface area contributed by atoms with Crippen LogP contribution in [0.15, 0.2) is 32.6 Å². The van der Waals surface area contributed by atoms with Gasteiger partial charge >= 0.3 is 0 Å². The highest BCUT2D eigenvalue weighted by molar-refractivity contribution is 7.91. The quantitative estimate of drug-likeness (QED) is 0.847. The van der Waals surface area contributed by atoms with Gasteiger partial charge in [0.15, 0.2) is 0 Å². The highest BCUT2D eigenvalue weighted by Crippen LogP contribution is 2.30. The Balaban J connectivity index is 1.91. The average Bonchev–Trinajstić information content (AvgIpc) is 2.86. The lowest BCUT2D eigenvalue weighted by molar-refractivity contribution is 0.425. The molecule has 0 unspecified atom stereocenters. The van der Waals surface area contributed by atoms with Crippen LogP contribution in [0.2, 0.25) is 0 Å². The highest BCUT2D eigenvalue weighted by atomic mass is 32.2. The summed E-state index contributed by atoms with van der Waals surface area (Å²) >= 11 is 1.20. The maximum Gasteiger partial charge on any atom is 0.266 e. The van der Waals surface area contributed by atoms with Crippen LogP contribution in [0.25, 0.3) is 11.3 Å². The fourth-order valence-electron chi connectivity index (χ4n) is 2.65. The lowest BCUT2D eigenvalue weighted by atomic mass is 10.2. The third-order valence-corrected chi connectivity index (χ3v) is 7.30. The molecule has 0 N–H and O–H groups in total. The summed E-state index contributed by atoms with van der Waals surface area (Å²) < 4.78 is 28.7. The summed E-state index contributed by atoms with van der Waals surface area (Å²) in [6, 6.07) is 4.70. The van der Waals surface area contributed by atoms with Gasteiger partial charge < -0.3 is 0 Å². The molecule has 0 amide bonds. The smallest absolute Gasteiger partial charge is 0.266 e.